The summed E-state index contributed by atoms with van der Waals surface area (Å²) in [6.07, 6.45) is -0.501. The minimum absolute atomic E-state index is 0.0272. The Kier molecular flexibility index (Phi) is 3.19. The van der Waals surface area contributed by atoms with Crippen LogP contribution in [0.2, 0.25) is 0 Å². The van der Waals surface area contributed by atoms with E-state index in [0.29, 0.717) is 17.0 Å². The molecular formula is C12H12BrNO3. The number of amides is 1. The van der Waals surface area contributed by atoms with Crippen molar-refractivity contribution < 1.29 is 14.3 Å². The zero-order valence-corrected chi connectivity index (χ0v) is 11.1. The standard InChI is InChI=1S/C12H12BrNO3/c1-6(13)11(15)8-3-4-10-9(5-8)14-12(16)7(2)17-10/h3-7H,1-2H3,(H,14,16). The molecule has 0 fully saturated rings. The molecule has 1 aromatic carbocycles. The number of benzene rings is 1. The molecule has 1 amide bonds. The molecule has 2 atom stereocenters. The number of carbonyl (C=O) groups excluding carboxylic acids is 2. The molecule has 0 saturated carbocycles. The summed E-state index contributed by atoms with van der Waals surface area (Å²) >= 11 is 3.23. The first-order valence-electron chi connectivity index (χ1n) is 5.29. The molecule has 0 aliphatic carbocycles. The van der Waals surface area contributed by atoms with Gasteiger partial charge < -0.3 is 10.1 Å². The van der Waals surface area contributed by atoms with E-state index >= 15 is 0 Å². The fraction of sp³-hybridized carbons (Fsp3) is 0.333. The van der Waals surface area contributed by atoms with Crippen LogP contribution in [0.4, 0.5) is 5.69 Å². The van der Waals surface area contributed by atoms with Gasteiger partial charge in [0.25, 0.3) is 5.91 Å². The maximum Gasteiger partial charge on any atom is 0.265 e. The number of hydrogen-bond donors (Lipinski definition) is 1. The number of hydrogen-bond acceptors (Lipinski definition) is 3. The number of carbonyl (C=O) groups is 2. The fourth-order valence-corrected chi connectivity index (χ4v) is 1.86. The summed E-state index contributed by atoms with van der Waals surface area (Å²) in [7, 11) is 0. The van der Waals surface area contributed by atoms with Crippen LogP contribution in [0.3, 0.4) is 0 Å². The topological polar surface area (TPSA) is 55.4 Å². The molecular weight excluding hydrogens is 286 g/mol. The summed E-state index contributed by atoms with van der Waals surface area (Å²) in [5.74, 6) is 0.366. The maximum absolute atomic E-state index is 11.8. The molecule has 1 aromatic rings. The quantitative estimate of drug-likeness (QED) is 0.673. The summed E-state index contributed by atoms with van der Waals surface area (Å²) in [6.45, 7) is 3.44. The lowest BCUT2D eigenvalue weighted by atomic mass is 10.1. The highest BCUT2D eigenvalue weighted by Gasteiger charge is 2.24. The third kappa shape index (κ3) is 2.34. The molecule has 5 heteroatoms. The zero-order chi connectivity index (χ0) is 12.6. The smallest absolute Gasteiger partial charge is 0.265 e. The Balaban J connectivity index is 2.35. The van der Waals surface area contributed by atoms with E-state index in [1.54, 1.807) is 32.0 Å². The van der Waals surface area contributed by atoms with Crippen LogP contribution in [-0.2, 0) is 4.79 Å². The molecule has 0 aromatic heterocycles. The summed E-state index contributed by atoms with van der Waals surface area (Å²) in [5, 5.41) is 2.71. The second kappa shape index (κ2) is 4.49. The van der Waals surface area contributed by atoms with Crippen molar-refractivity contribution in [3.05, 3.63) is 23.8 Å². The van der Waals surface area contributed by atoms with Gasteiger partial charge in [0.05, 0.1) is 10.5 Å². The Morgan fingerprint density at radius 3 is 2.88 bits per heavy atom. The van der Waals surface area contributed by atoms with Gasteiger partial charge in [0.15, 0.2) is 11.9 Å². The number of alkyl halides is 1. The molecule has 90 valence electrons. The summed E-state index contributed by atoms with van der Waals surface area (Å²) in [4.78, 5) is 23.0. The molecule has 0 radical (unpaired) electrons. The third-order valence-corrected chi connectivity index (χ3v) is 2.97. The highest BCUT2D eigenvalue weighted by molar-refractivity contribution is 9.10. The molecule has 2 rings (SSSR count). The summed E-state index contributed by atoms with van der Waals surface area (Å²) < 4.78 is 5.40. The van der Waals surface area contributed by atoms with Gasteiger partial charge in [-0.25, -0.2) is 0 Å². The van der Waals surface area contributed by atoms with Gasteiger partial charge in [0.1, 0.15) is 5.75 Å². The third-order valence-electron chi connectivity index (χ3n) is 2.56. The van der Waals surface area contributed by atoms with Gasteiger partial charge in [0.2, 0.25) is 0 Å². The first-order valence-corrected chi connectivity index (χ1v) is 6.20. The Morgan fingerprint density at radius 2 is 2.24 bits per heavy atom. The fourth-order valence-electron chi connectivity index (χ4n) is 1.59. The summed E-state index contributed by atoms with van der Waals surface area (Å²) in [5.41, 5.74) is 1.10. The van der Waals surface area contributed by atoms with Crippen molar-refractivity contribution >= 4 is 33.3 Å². The predicted octanol–water partition coefficient (Wildman–Crippen LogP) is 2.37. The highest BCUT2D eigenvalue weighted by Crippen LogP contribution is 2.31. The molecule has 0 bridgehead atoms. The number of halogens is 1. The Bertz CT molecular complexity index is 485. The number of ketones is 1. The maximum atomic E-state index is 11.8. The van der Waals surface area contributed by atoms with E-state index in [0.717, 1.165) is 0 Å². The van der Waals surface area contributed by atoms with Crippen LogP contribution >= 0.6 is 15.9 Å². The van der Waals surface area contributed by atoms with Crippen molar-refractivity contribution in [2.45, 2.75) is 24.8 Å². The highest BCUT2D eigenvalue weighted by atomic mass is 79.9. The second-order valence-corrected chi connectivity index (χ2v) is 5.31. The minimum Gasteiger partial charge on any atom is -0.479 e. The number of nitrogens with one attached hydrogen (secondary N) is 1. The van der Waals surface area contributed by atoms with Crippen LogP contribution in [-0.4, -0.2) is 22.6 Å². The Hall–Kier alpha value is -1.36. The lowest BCUT2D eigenvalue weighted by Crippen LogP contribution is -2.34. The molecule has 1 heterocycles. The van der Waals surface area contributed by atoms with Gasteiger partial charge in [-0.05, 0) is 32.0 Å². The average Bonchev–Trinajstić information content (AvgIpc) is 2.29. The van der Waals surface area contributed by atoms with Crippen LogP contribution < -0.4 is 10.1 Å². The summed E-state index contributed by atoms with van der Waals surface area (Å²) in [6, 6.07) is 5.04. The number of ether oxygens (including phenoxy) is 1. The van der Waals surface area contributed by atoms with Crippen molar-refractivity contribution in [1.29, 1.82) is 0 Å². The number of rotatable bonds is 2. The van der Waals surface area contributed by atoms with Crippen molar-refractivity contribution in [3.8, 4) is 5.75 Å². The first kappa shape index (κ1) is 12.1. The number of anilines is 1. The molecule has 0 spiro atoms. The van der Waals surface area contributed by atoms with E-state index in [1.165, 1.54) is 0 Å². The molecule has 4 nitrogen and oxygen atoms in total. The van der Waals surface area contributed by atoms with E-state index < -0.39 is 6.10 Å². The molecule has 0 saturated heterocycles. The monoisotopic (exact) mass is 297 g/mol. The molecule has 2 unspecified atom stereocenters. The molecule has 1 aliphatic rings. The lowest BCUT2D eigenvalue weighted by Gasteiger charge is -2.23. The van der Waals surface area contributed by atoms with Gasteiger partial charge in [-0.15, -0.1) is 0 Å². The molecule has 17 heavy (non-hydrogen) atoms. The lowest BCUT2D eigenvalue weighted by molar-refractivity contribution is -0.122. The van der Waals surface area contributed by atoms with Crippen LogP contribution in [0.15, 0.2) is 18.2 Å². The SMILES string of the molecule is CC(Br)C(=O)c1ccc2c(c1)NC(=O)C(C)O2. The minimum atomic E-state index is -0.501. The van der Waals surface area contributed by atoms with Crippen molar-refractivity contribution in [1.82, 2.24) is 0 Å². The molecule has 1 aliphatic heterocycles. The van der Waals surface area contributed by atoms with E-state index in [4.69, 9.17) is 4.74 Å². The van der Waals surface area contributed by atoms with E-state index in [2.05, 4.69) is 21.2 Å². The van der Waals surface area contributed by atoms with Gasteiger partial charge in [-0.3, -0.25) is 9.59 Å². The van der Waals surface area contributed by atoms with E-state index in [1.807, 2.05) is 0 Å². The normalized spacial score (nSPS) is 19.9. The van der Waals surface area contributed by atoms with Gasteiger partial charge >= 0.3 is 0 Å². The van der Waals surface area contributed by atoms with Gasteiger partial charge in [-0.1, -0.05) is 15.9 Å². The van der Waals surface area contributed by atoms with Crippen LogP contribution in [0, 0.1) is 0 Å². The molecule has 1 N–H and O–H groups in total. The van der Waals surface area contributed by atoms with Crippen LogP contribution in [0.25, 0.3) is 0 Å². The van der Waals surface area contributed by atoms with E-state index in [9.17, 15) is 9.59 Å². The number of fused-ring (bicyclic) bond motifs is 1. The van der Waals surface area contributed by atoms with Crippen molar-refractivity contribution in [2.24, 2.45) is 0 Å². The second-order valence-electron chi connectivity index (χ2n) is 3.94. The average molecular weight is 298 g/mol. The largest absolute Gasteiger partial charge is 0.479 e. The Morgan fingerprint density at radius 1 is 1.53 bits per heavy atom. The van der Waals surface area contributed by atoms with Crippen molar-refractivity contribution in [2.75, 3.05) is 5.32 Å². The van der Waals surface area contributed by atoms with Crippen LogP contribution in [0.5, 0.6) is 5.75 Å². The van der Waals surface area contributed by atoms with Crippen molar-refractivity contribution in [3.63, 3.8) is 0 Å². The zero-order valence-electron chi connectivity index (χ0n) is 9.49. The van der Waals surface area contributed by atoms with Gasteiger partial charge in [0, 0.05) is 5.56 Å². The van der Waals surface area contributed by atoms with Crippen LogP contribution in [0.1, 0.15) is 24.2 Å². The van der Waals surface area contributed by atoms with E-state index in [-0.39, 0.29) is 16.5 Å². The first-order chi connectivity index (χ1) is 7.99. The Labute approximate surface area is 107 Å². The predicted molar refractivity (Wildman–Crippen MR) is 67.9 cm³/mol. The van der Waals surface area contributed by atoms with Gasteiger partial charge in [-0.2, -0.15) is 0 Å². The number of Topliss-reactive ketones (excluding diaryl/α,β-unsaturated/α-hetero) is 1.